The van der Waals surface area contributed by atoms with Crippen molar-refractivity contribution in [1.29, 1.82) is 0 Å². The molecular weight excluding hydrogens is 376 g/mol. The molecule has 1 amide bonds. The lowest BCUT2D eigenvalue weighted by Gasteiger charge is -2.15. The summed E-state index contributed by atoms with van der Waals surface area (Å²) < 4.78 is 31.8. The zero-order chi connectivity index (χ0) is 20.0. The van der Waals surface area contributed by atoms with Crippen molar-refractivity contribution in [3.05, 3.63) is 59.7 Å². The fourth-order valence-corrected chi connectivity index (χ4v) is 4.75. The molecule has 1 heterocycles. The molecule has 0 saturated carbocycles. The van der Waals surface area contributed by atoms with Gasteiger partial charge in [0.15, 0.2) is 0 Å². The fourth-order valence-electron chi connectivity index (χ4n) is 3.23. The Balaban J connectivity index is 1.49. The largest absolute Gasteiger partial charge is 0.497 e. The Kier molecular flexibility index (Phi) is 6.70. The molecule has 0 bridgehead atoms. The lowest BCUT2D eigenvalue weighted by atomic mass is 10.1. The van der Waals surface area contributed by atoms with E-state index in [1.54, 1.807) is 31.4 Å². The summed E-state index contributed by atoms with van der Waals surface area (Å²) in [6.45, 7) is 1.64. The normalized spacial score (nSPS) is 14.8. The van der Waals surface area contributed by atoms with Gasteiger partial charge in [0, 0.05) is 26.1 Å². The maximum Gasteiger partial charge on any atom is 0.243 e. The molecular formula is C21H26N2O4S. The number of hydrogen-bond acceptors (Lipinski definition) is 4. The van der Waals surface area contributed by atoms with Gasteiger partial charge in [-0.2, -0.15) is 4.31 Å². The Bertz CT molecular complexity index is 904. The Morgan fingerprint density at radius 3 is 2.46 bits per heavy atom. The van der Waals surface area contributed by atoms with Crippen LogP contribution >= 0.6 is 0 Å². The van der Waals surface area contributed by atoms with Crippen LogP contribution in [0.15, 0.2) is 53.4 Å². The van der Waals surface area contributed by atoms with E-state index in [-0.39, 0.29) is 5.91 Å². The van der Waals surface area contributed by atoms with Crippen molar-refractivity contribution in [2.24, 2.45) is 0 Å². The van der Waals surface area contributed by atoms with Gasteiger partial charge >= 0.3 is 0 Å². The maximum absolute atomic E-state index is 12.5. The van der Waals surface area contributed by atoms with Gasteiger partial charge in [-0.25, -0.2) is 8.42 Å². The van der Waals surface area contributed by atoms with Crippen LogP contribution in [0.2, 0.25) is 0 Å². The number of nitrogens with one attached hydrogen (secondary N) is 1. The number of hydrogen-bond donors (Lipinski definition) is 1. The third-order valence-electron chi connectivity index (χ3n) is 4.89. The minimum absolute atomic E-state index is 0.0448. The summed E-state index contributed by atoms with van der Waals surface area (Å²) in [5, 5.41) is 2.90. The van der Waals surface area contributed by atoms with E-state index in [0.29, 0.717) is 37.4 Å². The number of rotatable bonds is 8. The molecule has 7 heteroatoms. The maximum atomic E-state index is 12.5. The Hall–Kier alpha value is -2.38. The van der Waals surface area contributed by atoms with Crippen molar-refractivity contribution >= 4 is 15.9 Å². The van der Waals surface area contributed by atoms with Crippen LogP contribution in [0.4, 0.5) is 0 Å². The molecule has 3 rings (SSSR count). The molecule has 1 aliphatic rings. The van der Waals surface area contributed by atoms with Gasteiger partial charge in [-0.1, -0.05) is 24.3 Å². The van der Waals surface area contributed by atoms with Crippen LogP contribution in [0, 0.1) is 0 Å². The van der Waals surface area contributed by atoms with Gasteiger partial charge in [0.2, 0.25) is 15.9 Å². The van der Waals surface area contributed by atoms with E-state index >= 15 is 0 Å². The molecule has 2 aromatic carbocycles. The Morgan fingerprint density at radius 2 is 1.79 bits per heavy atom. The molecule has 0 aliphatic carbocycles. The van der Waals surface area contributed by atoms with Gasteiger partial charge in [-0.3, -0.25) is 4.79 Å². The summed E-state index contributed by atoms with van der Waals surface area (Å²) in [5.74, 6) is 0.715. The molecule has 1 saturated heterocycles. The molecule has 0 radical (unpaired) electrons. The fraction of sp³-hybridized carbons (Fsp3) is 0.381. The SMILES string of the molecule is COc1cccc(CNC(=O)CCc2ccc(S(=O)(=O)N3CCCC3)cc2)c1. The molecule has 0 atom stereocenters. The molecule has 1 fully saturated rings. The number of amides is 1. The number of benzene rings is 2. The smallest absolute Gasteiger partial charge is 0.243 e. The van der Waals surface area contributed by atoms with Gasteiger partial charge in [0.05, 0.1) is 12.0 Å². The highest BCUT2D eigenvalue weighted by molar-refractivity contribution is 7.89. The quantitative estimate of drug-likeness (QED) is 0.737. The van der Waals surface area contributed by atoms with E-state index in [4.69, 9.17) is 4.74 Å². The van der Waals surface area contributed by atoms with E-state index in [1.165, 1.54) is 4.31 Å². The predicted molar refractivity (Wildman–Crippen MR) is 108 cm³/mol. The predicted octanol–water partition coefficient (Wildman–Crippen LogP) is 2.73. The summed E-state index contributed by atoms with van der Waals surface area (Å²) in [6.07, 6.45) is 2.75. The van der Waals surface area contributed by atoms with E-state index in [2.05, 4.69) is 5.32 Å². The monoisotopic (exact) mass is 402 g/mol. The van der Waals surface area contributed by atoms with Crippen LogP contribution in [0.25, 0.3) is 0 Å². The van der Waals surface area contributed by atoms with Gasteiger partial charge in [-0.15, -0.1) is 0 Å². The average molecular weight is 403 g/mol. The third-order valence-corrected chi connectivity index (χ3v) is 6.80. The molecule has 150 valence electrons. The van der Waals surface area contributed by atoms with Crippen LogP contribution in [-0.4, -0.2) is 38.8 Å². The van der Waals surface area contributed by atoms with Gasteiger partial charge in [0.25, 0.3) is 0 Å². The second kappa shape index (κ2) is 9.21. The van der Waals surface area contributed by atoms with Crippen molar-refractivity contribution in [2.75, 3.05) is 20.2 Å². The van der Waals surface area contributed by atoms with Crippen LogP contribution < -0.4 is 10.1 Å². The van der Waals surface area contributed by atoms with E-state index in [1.807, 2.05) is 24.3 Å². The van der Waals surface area contributed by atoms with Gasteiger partial charge < -0.3 is 10.1 Å². The zero-order valence-electron chi connectivity index (χ0n) is 16.1. The number of carbonyl (C=O) groups is 1. The summed E-state index contributed by atoms with van der Waals surface area (Å²) in [6, 6.07) is 14.4. The highest BCUT2D eigenvalue weighted by Crippen LogP contribution is 2.21. The highest BCUT2D eigenvalue weighted by atomic mass is 32.2. The van der Waals surface area contributed by atoms with Gasteiger partial charge in [0.1, 0.15) is 5.75 Å². The zero-order valence-corrected chi connectivity index (χ0v) is 16.9. The van der Waals surface area contributed by atoms with Crippen LogP contribution in [-0.2, 0) is 27.8 Å². The number of sulfonamides is 1. The summed E-state index contributed by atoms with van der Waals surface area (Å²) in [7, 11) is -1.78. The van der Waals surface area contributed by atoms with Crippen molar-refractivity contribution in [3.63, 3.8) is 0 Å². The number of carbonyl (C=O) groups excluding carboxylic acids is 1. The molecule has 0 spiro atoms. The molecule has 6 nitrogen and oxygen atoms in total. The number of aryl methyl sites for hydroxylation is 1. The van der Waals surface area contributed by atoms with Crippen molar-refractivity contribution in [3.8, 4) is 5.75 Å². The lowest BCUT2D eigenvalue weighted by Crippen LogP contribution is -2.27. The summed E-state index contributed by atoms with van der Waals surface area (Å²) >= 11 is 0. The van der Waals surface area contributed by atoms with Crippen molar-refractivity contribution in [1.82, 2.24) is 9.62 Å². The first-order valence-corrected chi connectivity index (χ1v) is 10.9. The Labute approximate surface area is 166 Å². The molecule has 0 aromatic heterocycles. The van der Waals surface area contributed by atoms with E-state index in [9.17, 15) is 13.2 Å². The lowest BCUT2D eigenvalue weighted by molar-refractivity contribution is -0.121. The second-order valence-corrected chi connectivity index (χ2v) is 8.82. The van der Waals surface area contributed by atoms with Crippen molar-refractivity contribution in [2.45, 2.75) is 37.1 Å². The van der Waals surface area contributed by atoms with Crippen LogP contribution in [0.5, 0.6) is 5.75 Å². The highest BCUT2D eigenvalue weighted by Gasteiger charge is 2.26. The van der Waals surface area contributed by atoms with E-state index in [0.717, 1.165) is 29.7 Å². The number of methoxy groups -OCH3 is 1. The minimum atomic E-state index is -3.39. The molecule has 1 aliphatic heterocycles. The first-order valence-electron chi connectivity index (χ1n) is 9.48. The molecule has 1 N–H and O–H groups in total. The summed E-state index contributed by atoms with van der Waals surface area (Å²) in [4.78, 5) is 12.4. The van der Waals surface area contributed by atoms with Crippen molar-refractivity contribution < 1.29 is 17.9 Å². The summed E-state index contributed by atoms with van der Waals surface area (Å²) in [5.41, 5.74) is 1.92. The minimum Gasteiger partial charge on any atom is -0.497 e. The first-order chi connectivity index (χ1) is 13.5. The Morgan fingerprint density at radius 1 is 1.07 bits per heavy atom. The third kappa shape index (κ3) is 5.11. The standard InChI is InChI=1S/C21H26N2O4S/c1-27-19-6-4-5-18(15-19)16-22-21(24)12-9-17-7-10-20(11-8-17)28(25,26)23-13-2-3-14-23/h4-8,10-11,15H,2-3,9,12-14,16H2,1H3,(H,22,24). The molecule has 28 heavy (non-hydrogen) atoms. The van der Waals surface area contributed by atoms with Crippen LogP contribution in [0.3, 0.4) is 0 Å². The topological polar surface area (TPSA) is 75.7 Å². The van der Waals surface area contributed by atoms with Crippen LogP contribution in [0.1, 0.15) is 30.4 Å². The second-order valence-electron chi connectivity index (χ2n) is 6.88. The van der Waals surface area contributed by atoms with Gasteiger partial charge in [-0.05, 0) is 54.7 Å². The molecule has 0 unspecified atom stereocenters. The molecule has 2 aromatic rings. The average Bonchev–Trinajstić information content (AvgIpc) is 3.27. The first kappa shape index (κ1) is 20.4. The number of ether oxygens (including phenoxy) is 1. The number of nitrogens with zero attached hydrogens (tertiary/aromatic N) is 1. The van der Waals surface area contributed by atoms with E-state index < -0.39 is 10.0 Å².